The highest BCUT2D eigenvalue weighted by atomic mass is 19.4. The molecule has 0 radical (unpaired) electrons. The van der Waals surface area contributed by atoms with Crippen molar-refractivity contribution in [2.24, 2.45) is 0 Å². The predicted octanol–water partition coefficient (Wildman–Crippen LogP) is 4.02. The van der Waals surface area contributed by atoms with E-state index in [-0.39, 0.29) is 12.8 Å². The summed E-state index contributed by atoms with van der Waals surface area (Å²) in [6.07, 6.45) is -13.9. The van der Waals surface area contributed by atoms with Crippen LogP contribution in [0.5, 0.6) is 0 Å². The number of ether oxygens (including phenoxy) is 2. The van der Waals surface area contributed by atoms with Crippen LogP contribution in [0.2, 0.25) is 0 Å². The highest BCUT2D eigenvalue weighted by Crippen LogP contribution is 2.48. The van der Waals surface area contributed by atoms with Gasteiger partial charge in [-0.1, -0.05) is 13.3 Å². The van der Waals surface area contributed by atoms with Gasteiger partial charge in [-0.05, 0) is 6.42 Å². The van der Waals surface area contributed by atoms with Gasteiger partial charge >= 0.3 is 48.0 Å². The number of hydrogen-bond donors (Lipinski definition) is 1. The molecular formula is C15H13F14NO5. The first-order valence-corrected chi connectivity index (χ1v) is 8.69. The zero-order chi connectivity index (χ0) is 28.3. The lowest BCUT2D eigenvalue weighted by molar-refractivity contribution is -0.348. The molecule has 0 bridgehead atoms. The molecule has 1 atom stereocenters. The van der Waals surface area contributed by atoms with Crippen molar-refractivity contribution in [3.05, 3.63) is 0 Å². The van der Waals surface area contributed by atoms with Gasteiger partial charge in [-0.3, -0.25) is 4.79 Å². The summed E-state index contributed by atoms with van der Waals surface area (Å²) >= 11 is 0. The molecule has 6 nitrogen and oxygen atoms in total. The molecule has 206 valence electrons. The van der Waals surface area contributed by atoms with Gasteiger partial charge < -0.3 is 14.8 Å². The topological polar surface area (TPSA) is 81.7 Å². The minimum atomic E-state index is -7.07. The fourth-order valence-electron chi connectivity index (χ4n) is 1.71. The Morgan fingerprint density at radius 2 is 1.14 bits per heavy atom. The molecule has 1 unspecified atom stereocenters. The molecule has 35 heavy (non-hydrogen) atoms. The fraction of sp³-hybridized carbons (Fsp3) is 0.800. The molecule has 0 spiro atoms. The SMILES string of the molecule is CCCCOC(=O)C(COC(=O)C(F)(F)C(F)(F)C(F)(F)F)NC(=O)C(F)(F)C(F)(F)C(F)(F)F. The molecule has 0 aromatic rings. The van der Waals surface area contributed by atoms with Gasteiger partial charge in [0.25, 0.3) is 5.91 Å². The molecule has 0 saturated heterocycles. The van der Waals surface area contributed by atoms with Crippen molar-refractivity contribution in [1.29, 1.82) is 0 Å². The second kappa shape index (κ2) is 10.6. The molecule has 1 amide bonds. The summed E-state index contributed by atoms with van der Waals surface area (Å²) in [4.78, 5) is 34.2. The molecule has 0 rings (SSSR count). The van der Waals surface area contributed by atoms with Crippen LogP contribution in [0.15, 0.2) is 0 Å². The van der Waals surface area contributed by atoms with E-state index in [0.717, 1.165) is 0 Å². The van der Waals surface area contributed by atoms with Crippen LogP contribution >= 0.6 is 0 Å². The highest BCUT2D eigenvalue weighted by molar-refractivity contribution is 5.90. The number of esters is 2. The number of carbonyl (C=O) groups is 3. The first-order valence-electron chi connectivity index (χ1n) is 8.69. The van der Waals surface area contributed by atoms with Crippen LogP contribution in [-0.2, 0) is 23.9 Å². The molecule has 0 aromatic carbocycles. The van der Waals surface area contributed by atoms with Crippen molar-refractivity contribution >= 4 is 17.8 Å². The van der Waals surface area contributed by atoms with Gasteiger partial charge in [0.15, 0.2) is 6.04 Å². The summed E-state index contributed by atoms with van der Waals surface area (Å²) in [7, 11) is 0. The Bertz CT molecular complexity index is 777. The summed E-state index contributed by atoms with van der Waals surface area (Å²) in [5.74, 6) is -36.9. The van der Waals surface area contributed by atoms with Crippen LogP contribution in [0.3, 0.4) is 0 Å². The maximum Gasteiger partial charge on any atom is 0.460 e. The van der Waals surface area contributed by atoms with Crippen molar-refractivity contribution in [2.45, 2.75) is 61.8 Å². The number of alkyl halides is 14. The van der Waals surface area contributed by atoms with E-state index in [1.165, 1.54) is 6.92 Å². The molecule has 1 N–H and O–H groups in total. The van der Waals surface area contributed by atoms with Crippen molar-refractivity contribution in [3.63, 3.8) is 0 Å². The normalized spacial score (nSPS) is 14.8. The van der Waals surface area contributed by atoms with Gasteiger partial charge in [-0.25, -0.2) is 9.59 Å². The number of hydrogen-bond acceptors (Lipinski definition) is 5. The van der Waals surface area contributed by atoms with E-state index >= 15 is 0 Å². The molecule has 0 aliphatic rings. The molecule has 0 saturated carbocycles. The molecular weight excluding hydrogens is 540 g/mol. The van der Waals surface area contributed by atoms with Crippen molar-refractivity contribution in [2.75, 3.05) is 13.2 Å². The van der Waals surface area contributed by atoms with Gasteiger partial charge in [0.05, 0.1) is 6.61 Å². The highest BCUT2D eigenvalue weighted by Gasteiger charge is 2.78. The number of nitrogens with one attached hydrogen (secondary N) is 1. The number of amides is 1. The van der Waals surface area contributed by atoms with Crippen molar-refractivity contribution in [3.8, 4) is 0 Å². The predicted molar refractivity (Wildman–Crippen MR) is 80.7 cm³/mol. The minimum absolute atomic E-state index is 0.0373. The van der Waals surface area contributed by atoms with Gasteiger partial charge in [-0.2, -0.15) is 61.5 Å². The van der Waals surface area contributed by atoms with E-state index in [2.05, 4.69) is 9.47 Å². The van der Waals surface area contributed by atoms with Gasteiger partial charge in [0.2, 0.25) is 0 Å². The summed E-state index contributed by atoms with van der Waals surface area (Å²) < 4.78 is 185. The van der Waals surface area contributed by atoms with E-state index in [9.17, 15) is 75.8 Å². The lowest BCUT2D eigenvalue weighted by Gasteiger charge is -2.29. The first-order chi connectivity index (χ1) is 15.4. The van der Waals surface area contributed by atoms with Gasteiger partial charge in [0, 0.05) is 0 Å². The van der Waals surface area contributed by atoms with E-state index in [4.69, 9.17) is 0 Å². The van der Waals surface area contributed by atoms with Crippen LogP contribution in [-0.4, -0.2) is 73.1 Å². The summed E-state index contributed by atoms with van der Waals surface area (Å²) in [6, 6.07) is -3.12. The molecule has 0 aliphatic heterocycles. The Hall–Kier alpha value is -2.57. The molecule has 0 heterocycles. The third-order valence-corrected chi connectivity index (χ3v) is 3.76. The van der Waals surface area contributed by atoms with E-state index in [0.29, 0.717) is 5.32 Å². The van der Waals surface area contributed by atoms with E-state index in [1.54, 1.807) is 0 Å². The van der Waals surface area contributed by atoms with Crippen LogP contribution in [0, 0.1) is 0 Å². The van der Waals surface area contributed by atoms with Crippen LogP contribution in [0.4, 0.5) is 61.5 Å². The third-order valence-electron chi connectivity index (χ3n) is 3.76. The molecule has 20 heteroatoms. The number of unbranched alkanes of at least 4 members (excludes halogenated alkanes) is 1. The Morgan fingerprint density at radius 1 is 0.714 bits per heavy atom. The summed E-state index contributed by atoms with van der Waals surface area (Å²) in [6.45, 7) is -1.52. The second-order valence-corrected chi connectivity index (χ2v) is 6.44. The lowest BCUT2D eigenvalue weighted by atomic mass is 10.1. The zero-order valence-corrected chi connectivity index (χ0v) is 16.7. The van der Waals surface area contributed by atoms with Gasteiger partial charge in [0.1, 0.15) is 6.61 Å². The molecule has 0 aromatic heterocycles. The lowest BCUT2D eigenvalue weighted by Crippen LogP contribution is -2.62. The maximum atomic E-state index is 13.4. The largest absolute Gasteiger partial charge is 0.464 e. The quantitative estimate of drug-likeness (QED) is 0.238. The number of halogens is 14. The third kappa shape index (κ3) is 6.77. The van der Waals surface area contributed by atoms with Crippen LogP contribution in [0.25, 0.3) is 0 Å². The Kier molecular flexibility index (Phi) is 9.81. The molecule has 0 aliphatic carbocycles. The monoisotopic (exact) mass is 553 g/mol. The number of rotatable bonds is 11. The van der Waals surface area contributed by atoms with Crippen LogP contribution < -0.4 is 5.32 Å². The summed E-state index contributed by atoms with van der Waals surface area (Å²) in [5, 5.41) is 0.463. The smallest absolute Gasteiger partial charge is 0.460 e. The summed E-state index contributed by atoms with van der Waals surface area (Å²) in [5.41, 5.74) is 0. The number of carbonyl (C=O) groups excluding carboxylic acids is 3. The van der Waals surface area contributed by atoms with Gasteiger partial charge in [-0.15, -0.1) is 0 Å². The maximum absolute atomic E-state index is 13.4. The average Bonchev–Trinajstić information content (AvgIpc) is 2.68. The van der Waals surface area contributed by atoms with E-state index < -0.39 is 73.1 Å². The fourth-order valence-corrected chi connectivity index (χ4v) is 1.71. The Balaban J connectivity index is 5.86. The first kappa shape index (κ1) is 32.4. The van der Waals surface area contributed by atoms with Crippen LogP contribution in [0.1, 0.15) is 19.8 Å². The Labute approximate surface area is 184 Å². The standard InChI is InChI=1S/C15H13F14NO5/c1-2-3-4-34-7(31)6(30-8(32)10(16,17)12(20,21)14(24,25)26)5-35-9(33)11(18,19)13(22,23)15(27,28)29/h6H,2-5H2,1H3,(H,30,32). The Morgan fingerprint density at radius 3 is 1.54 bits per heavy atom. The average molecular weight is 553 g/mol. The van der Waals surface area contributed by atoms with Crippen molar-refractivity contribution < 1.29 is 85.3 Å². The zero-order valence-electron chi connectivity index (χ0n) is 16.7. The van der Waals surface area contributed by atoms with E-state index in [1.807, 2.05) is 0 Å². The minimum Gasteiger partial charge on any atom is -0.464 e. The second-order valence-electron chi connectivity index (χ2n) is 6.44. The van der Waals surface area contributed by atoms with Crippen molar-refractivity contribution in [1.82, 2.24) is 5.32 Å². The molecule has 0 fully saturated rings.